The highest BCUT2D eigenvalue weighted by Gasteiger charge is 2.37. The molecule has 3 aromatic rings. The van der Waals surface area contributed by atoms with Crippen molar-refractivity contribution in [2.24, 2.45) is 5.41 Å². The maximum atomic E-state index is 10.9. The van der Waals surface area contributed by atoms with E-state index in [1.165, 1.54) is 36.0 Å². The average molecular weight is 485 g/mol. The van der Waals surface area contributed by atoms with Gasteiger partial charge in [0.15, 0.2) is 0 Å². The quantitative estimate of drug-likeness (QED) is 0.319. The first-order valence-electron chi connectivity index (χ1n) is 13.2. The molecule has 0 aromatic heterocycles. The maximum Gasteiger partial charge on any atom is 0.303 e. The molecule has 4 nitrogen and oxygen atoms in total. The Balaban J connectivity index is 1.40. The summed E-state index contributed by atoms with van der Waals surface area (Å²) in [5.74, 6) is 1.45. The van der Waals surface area contributed by atoms with E-state index >= 15 is 0 Å². The topological polar surface area (TPSA) is 55.8 Å². The van der Waals surface area contributed by atoms with Gasteiger partial charge in [-0.25, -0.2) is 0 Å². The molecule has 188 valence electrons. The number of hydrogen-bond donors (Lipinski definition) is 1. The van der Waals surface area contributed by atoms with Crippen molar-refractivity contribution in [3.63, 3.8) is 0 Å². The van der Waals surface area contributed by atoms with Gasteiger partial charge >= 0.3 is 5.97 Å². The number of carboxylic acid groups (broad SMARTS) is 1. The molecule has 2 fully saturated rings. The summed E-state index contributed by atoms with van der Waals surface area (Å²) in [6.45, 7) is 5.27. The van der Waals surface area contributed by atoms with Crippen LogP contribution in [-0.2, 0) is 17.8 Å². The Kier molecular flexibility index (Phi) is 7.04. The summed E-state index contributed by atoms with van der Waals surface area (Å²) < 4.78 is 12.2. The number of carboxylic acids is 1. The zero-order valence-electron chi connectivity index (χ0n) is 21.3. The van der Waals surface area contributed by atoms with Crippen molar-refractivity contribution in [1.29, 1.82) is 0 Å². The number of aliphatic carboxylic acids is 1. The highest BCUT2D eigenvalue weighted by atomic mass is 16.5. The molecule has 0 unspecified atom stereocenters. The molecular weight excluding hydrogens is 448 g/mol. The molecule has 2 saturated carbocycles. The zero-order chi connectivity index (χ0) is 25.1. The second-order valence-corrected chi connectivity index (χ2v) is 11.0. The first-order valence-corrected chi connectivity index (χ1v) is 13.2. The lowest BCUT2D eigenvalue weighted by molar-refractivity contribution is -0.136. The third-order valence-electron chi connectivity index (χ3n) is 7.65. The van der Waals surface area contributed by atoms with E-state index in [9.17, 15) is 4.79 Å². The second-order valence-electron chi connectivity index (χ2n) is 11.0. The van der Waals surface area contributed by atoms with E-state index in [1.54, 1.807) is 0 Å². The first kappa shape index (κ1) is 24.4. The molecule has 0 radical (unpaired) electrons. The minimum atomic E-state index is -0.784. The SMILES string of the molecule is CC1(C)CCC[C@@H]1c1cc(COc2cccc(CCC(=O)O)c2)ccc1-c1cccc(OC2CC2)c1. The number of benzene rings is 3. The number of carbonyl (C=O) groups is 1. The van der Waals surface area contributed by atoms with Crippen LogP contribution in [0.3, 0.4) is 0 Å². The third kappa shape index (κ3) is 5.92. The summed E-state index contributed by atoms with van der Waals surface area (Å²) >= 11 is 0. The third-order valence-corrected chi connectivity index (χ3v) is 7.65. The van der Waals surface area contributed by atoms with Gasteiger partial charge in [0.05, 0.1) is 6.10 Å². The highest BCUT2D eigenvalue weighted by molar-refractivity contribution is 5.70. The minimum Gasteiger partial charge on any atom is -0.490 e. The van der Waals surface area contributed by atoms with E-state index in [1.807, 2.05) is 24.3 Å². The molecule has 4 heteroatoms. The van der Waals surface area contributed by atoms with Crippen molar-refractivity contribution in [3.05, 3.63) is 83.4 Å². The molecule has 1 atom stereocenters. The molecule has 0 amide bonds. The summed E-state index contributed by atoms with van der Waals surface area (Å²) in [5, 5.41) is 8.97. The average Bonchev–Trinajstić information content (AvgIpc) is 3.61. The Morgan fingerprint density at radius 2 is 1.75 bits per heavy atom. The molecule has 0 spiro atoms. The zero-order valence-corrected chi connectivity index (χ0v) is 21.3. The lowest BCUT2D eigenvalue weighted by Gasteiger charge is -2.30. The van der Waals surface area contributed by atoms with Gasteiger partial charge in [-0.15, -0.1) is 0 Å². The second kappa shape index (κ2) is 10.4. The summed E-state index contributed by atoms with van der Waals surface area (Å²) in [4.78, 5) is 10.9. The van der Waals surface area contributed by atoms with Crippen molar-refractivity contribution in [1.82, 2.24) is 0 Å². The lowest BCUT2D eigenvalue weighted by Crippen LogP contribution is -2.16. The van der Waals surface area contributed by atoms with Crippen molar-refractivity contribution in [2.75, 3.05) is 0 Å². The van der Waals surface area contributed by atoms with Gasteiger partial charge in [0, 0.05) is 6.42 Å². The molecule has 36 heavy (non-hydrogen) atoms. The van der Waals surface area contributed by atoms with Crippen LogP contribution in [0.2, 0.25) is 0 Å². The van der Waals surface area contributed by atoms with Gasteiger partial charge in [0.2, 0.25) is 0 Å². The fraction of sp³-hybridized carbons (Fsp3) is 0.406. The molecular formula is C32H36O4. The first-order chi connectivity index (χ1) is 17.4. The van der Waals surface area contributed by atoms with E-state index in [0.717, 1.165) is 35.5 Å². The Morgan fingerprint density at radius 3 is 2.50 bits per heavy atom. The predicted octanol–water partition coefficient (Wildman–Crippen LogP) is 7.78. The molecule has 3 aromatic carbocycles. The number of aryl methyl sites for hydroxylation is 1. The Hall–Kier alpha value is -3.27. The van der Waals surface area contributed by atoms with Gasteiger partial charge in [0.25, 0.3) is 0 Å². The molecule has 2 aliphatic carbocycles. The van der Waals surface area contributed by atoms with E-state index in [0.29, 0.717) is 25.0 Å². The summed E-state index contributed by atoms with van der Waals surface area (Å²) in [6.07, 6.45) is 7.03. The normalized spacial score (nSPS) is 18.7. The highest BCUT2D eigenvalue weighted by Crippen LogP contribution is 2.51. The van der Waals surface area contributed by atoms with Gasteiger partial charge in [-0.2, -0.15) is 0 Å². The van der Waals surface area contributed by atoms with Crippen molar-refractivity contribution >= 4 is 5.97 Å². The fourth-order valence-electron chi connectivity index (χ4n) is 5.48. The van der Waals surface area contributed by atoms with Crippen LogP contribution in [0.1, 0.15) is 75.0 Å². The van der Waals surface area contributed by atoms with Gasteiger partial charge in [0.1, 0.15) is 18.1 Å². The van der Waals surface area contributed by atoms with Crippen LogP contribution in [0, 0.1) is 5.41 Å². The van der Waals surface area contributed by atoms with Crippen LogP contribution in [0.25, 0.3) is 11.1 Å². The van der Waals surface area contributed by atoms with Crippen molar-refractivity contribution in [2.45, 2.75) is 77.4 Å². The van der Waals surface area contributed by atoms with Crippen LogP contribution in [0.15, 0.2) is 66.7 Å². The summed E-state index contributed by atoms with van der Waals surface area (Å²) in [7, 11) is 0. The van der Waals surface area contributed by atoms with Gasteiger partial charge < -0.3 is 14.6 Å². The van der Waals surface area contributed by atoms with Gasteiger partial charge in [-0.05, 0) is 95.5 Å². The summed E-state index contributed by atoms with van der Waals surface area (Å²) in [5.41, 5.74) is 6.29. The van der Waals surface area contributed by atoms with E-state index in [2.05, 4.69) is 56.3 Å². The van der Waals surface area contributed by atoms with E-state index in [-0.39, 0.29) is 11.8 Å². The van der Waals surface area contributed by atoms with Gasteiger partial charge in [-0.1, -0.05) is 62.7 Å². The molecule has 0 bridgehead atoms. The smallest absolute Gasteiger partial charge is 0.303 e. The predicted molar refractivity (Wildman–Crippen MR) is 143 cm³/mol. The van der Waals surface area contributed by atoms with Crippen molar-refractivity contribution in [3.8, 4) is 22.6 Å². The maximum absolute atomic E-state index is 10.9. The molecule has 0 aliphatic heterocycles. The van der Waals surface area contributed by atoms with E-state index in [4.69, 9.17) is 14.6 Å². The summed E-state index contributed by atoms with van der Waals surface area (Å²) in [6, 6.07) is 23.1. The number of ether oxygens (including phenoxy) is 2. The lowest BCUT2D eigenvalue weighted by atomic mass is 9.75. The molecule has 0 saturated heterocycles. The fourth-order valence-corrected chi connectivity index (χ4v) is 5.48. The Labute approximate surface area is 214 Å². The van der Waals surface area contributed by atoms with Crippen molar-refractivity contribution < 1.29 is 19.4 Å². The standard InChI is InChI=1S/C32H36O4/c1-32(2)17-5-10-30(32)29-19-23(21-35-26-8-3-6-22(18-26)12-16-31(33)34)11-15-28(29)24-7-4-9-27(20-24)36-25-13-14-25/h3-4,6-9,11,15,18-20,25,30H,5,10,12-14,16-17,21H2,1-2H3,(H,33,34)/t30-/m1/s1. The van der Waals surface area contributed by atoms with Crippen LogP contribution in [0.4, 0.5) is 0 Å². The molecule has 0 heterocycles. The Bertz CT molecular complexity index is 1220. The van der Waals surface area contributed by atoms with Crippen LogP contribution in [0.5, 0.6) is 11.5 Å². The largest absolute Gasteiger partial charge is 0.490 e. The number of rotatable bonds is 10. The monoisotopic (exact) mass is 484 g/mol. The van der Waals surface area contributed by atoms with E-state index < -0.39 is 5.97 Å². The molecule has 5 rings (SSSR count). The van der Waals surface area contributed by atoms with Crippen LogP contribution >= 0.6 is 0 Å². The number of hydrogen-bond acceptors (Lipinski definition) is 3. The van der Waals surface area contributed by atoms with Crippen LogP contribution in [-0.4, -0.2) is 17.2 Å². The minimum absolute atomic E-state index is 0.123. The van der Waals surface area contributed by atoms with Gasteiger partial charge in [-0.3, -0.25) is 4.79 Å². The molecule has 2 aliphatic rings. The Morgan fingerprint density at radius 1 is 0.944 bits per heavy atom. The molecule has 1 N–H and O–H groups in total. The van der Waals surface area contributed by atoms with Crippen LogP contribution < -0.4 is 9.47 Å².